The SMILES string of the molecule is C[C@]12CCC(=O)C=C1CC[C@H]1[C@@H]3CC/C(=C(/NC=O)C(=O)O)[C@@]3(C)CC[C@@]12O. The van der Waals surface area contributed by atoms with Crippen LogP contribution >= 0.6 is 0 Å². The smallest absolute Gasteiger partial charge is 0.352 e. The van der Waals surface area contributed by atoms with E-state index >= 15 is 0 Å². The lowest BCUT2D eigenvalue weighted by molar-refractivity contribution is -0.183. The number of hydrogen-bond donors (Lipinski definition) is 3. The number of rotatable bonds is 3. The molecule has 4 aliphatic carbocycles. The van der Waals surface area contributed by atoms with Crippen molar-refractivity contribution in [1.29, 1.82) is 0 Å². The molecule has 28 heavy (non-hydrogen) atoms. The highest BCUT2D eigenvalue weighted by molar-refractivity contribution is 5.92. The molecule has 0 spiro atoms. The van der Waals surface area contributed by atoms with Crippen molar-refractivity contribution >= 4 is 18.2 Å². The minimum atomic E-state index is -1.10. The lowest BCUT2D eigenvalue weighted by Gasteiger charge is -2.62. The van der Waals surface area contributed by atoms with Crippen molar-refractivity contribution in [2.24, 2.45) is 22.7 Å². The standard InChI is InChI=1S/C22H29NO5/c1-20-9-10-22(28)16(4-3-13-11-14(25)7-8-21(13,22)2)15(20)5-6-17(20)18(19(26)27)23-12-24/h11-12,15-16,28H,3-10H2,1-2H3,(H,23,24)(H,26,27)/b18-17-/t15-,16-,20-,21-,22+/m0/s1. The third-order valence-electron chi connectivity index (χ3n) is 8.65. The van der Waals surface area contributed by atoms with Gasteiger partial charge in [0.2, 0.25) is 6.41 Å². The topological polar surface area (TPSA) is 104 Å². The highest BCUT2D eigenvalue weighted by atomic mass is 16.4. The first kappa shape index (κ1) is 19.4. The molecule has 0 aromatic rings. The molecular weight excluding hydrogens is 358 g/mol. The zero-order chi connectivity index (χ0) is 20.3. The molecule has 0 aromatic carbocycles. The van der Waals surface area contributed by atoms with Crippen LogP contribution in [0.5, 0.6) is 0 Å². The van der Waals surface area contributed by atoms with Crippen LogP contribution in [0, 0.1) is 22.7 Å². The van der Waals surface area contributed by atoms with Gasteiger partial charge in [-0.1, -0.05) is 19.4 Å². The van der Waals surface area contributed by atoms with Gasteiger partial charge >= 0.3 is 5.97 Å². The van der Waals surface area contributed by atoms with Crippen LogP contribution in [0.15, 0.2) is 22.9 Å². The van der Waals surface area contributed by atoms with Crippen molar-refractivity contribution in [3.8, 4) is 0 Å². The highest BCUT2D eigenvalue weighted by Gasteiger charge is 2.65. The molecule has 0 aromatic heterocycles. The van der Waals surface area contributed by atoms with Crippen LogP contribution < -0.4 is 5.32 Å². The molecule has 3 fully saturated rings. The van der Waals surface area contributed by atoms with Gasteiger partial charge in [-0.2, -0.15) is 0 Å². The lowest BCUT2D eigenvalue weighted by Crippen LogP contribution is -2.62. The summed E-state index contributed by atoms with van der Waals surface area (Å²) in [6, 6.07) is 0. The molecule has 3 saturated carbocycles. The fourth-order valence-electron chi connectivity index (χ4n) is 7.06. The summed E-state index contributed by atoms with van der Waals surface area (Å²) >= 11 is 0. The maximum absolute atomic E-state index is 12.0. The van der Waals surface area contributed by atoms with Crippen molar-refractivity contribution in [3.63, 3.8) is 0 Å². The number of nitrogens with one attached hydrogen (secondary N) is 1. The Morgan fingerprint density at radius 1 is 1.14 bits per heavy atom. The molecule has 1 amide bonds. The van der Waals surface area contributed by atoms with E-state index in [0.717, 1.165) is 30.4 Å². The minimum Gasteiger partial charge on any atom is -0.477 e. The first-order valence-electron chi connectivity index (χ1n) is 10.3. The summed E-state index contributed by atoms with van der Waals surface area (Å²) in [5, 5.41) is 24.0. The third kappa shape index (κ3) is 2.39. The fraction of sp³-hybridized carbons (Fsp3) is 0.682. The van der Waals surface area contributed by atoms with E-state index < -0.39 is 11.6 Å². The number of carboxylic acids is 1. The summed E-state index contributed by atoms with van der Waals surface area (Å²) in [5.41, 5.74) is 0.338. The number of allylic oxidation sites excluding steroid dienone is 1. The average molecular weight is 387 g/mol. The van der Waals surface area contributed by atoms with E-state index in [1.807, 2.05) is 0 Å². The largest absolute Gasteiger partial charge is 0.477 e. The molecule has 4 rings (SSSR count). The number of fused-ring (bicyclic) bond motifs is 5. The highest BCUT2D eigenvalue weighted by Crippen LogP contribution is 2.68. The third-order valence-corrected chi connectivity index (χ3v) is 8.65. The van der Waals surface area contributed by atoms with Crippen molar-refractivity contribution in [1.82, 2.24) is 5.32 Å². The molecule has 0 aliphatic heterocycles. The van der Waals surface area contributed by atoms with Crippen molar-refractivity contribution in [3.05, 3.63) is 22.9 Å². The molecule has 5 atom stereocenters. The van der Waals surface area contributed by atoms with Gasteiger partial charge in [-0.25, -0.2) is 4.79 Å². The Morgan fingerprint density at radius 3 is 2.54 bits per heavy atom. The number of carbonyl (C=O) groups is 3. The quantitative estimate of drug-likeness (QED) is 0.510. The zero-order valence-electron chi connectivity index (χ0n) is 16.6. The Labute approximate surface area is 165 Å². The van der Waals surface area contributed by atoms with Gasteiger partial charge in [0, 0.05) is 11.8 Å². The summed E-state index contributed by atoms with van der Waals surface area (Å²) in [6.07, 6.45) is 7.74. The number of amides is 1. The van der Waals surface area contributed by atoms with Crippen LogP contribution in [-0.2, 0) is 14.4 Å². The van der Waals surface area contributed by atoms with E-state index in [0.29, 0.717) is 38.5 Å². The van der Waals surface area contributed by atoms with Crippen LogP contribution in [-0.4, -0.2) is 34.0 Å². The van der Waals surface area contributed by atoms with Crippen molar-refractivity contribution in [2.45, 2.75) is 70.8 Å². The summed E-state index contributed by atoms with van der Waals surface area (Å²) in [4.78, 5) is 34.7. The second-order valence-corrected chi connectivity index (χ2v) is 9.52. The van der Waals surface area contributed by atoms with Gasteiger partial charge in [0.1, 0.15) is 5.70 Å². The van der Waals surface area contributed by atoms with E-state index in [1.54, 1.807) is 6.08 Å². The van der Waals surface area contributed by atoms with E-state index in [4.69, 9.17) is 0 Å². The Bertz CT molecular complexity index is 814. The average Bonchev–Trinajstić information content (AvgIpc) is 2.98. The van der Waals surface area contributed by atoms with Crippen LogP contribution in [0.3, 0.4) is 0 Å². The summed E-state index contributed by atoms with van der Waals surface area (Å²) in [7, 11) is 0. The summed E-state index contributed by atoms with van der Waals surface area (Å²) in [5.74, 6) is -0.686. The molecule has 4 aliphatic rings. The predicted molar refractivity (Wildman–Crippen MR) is 102 cm³/mol. The maximum atomic E-state index is 12.0. The maximum Gasteiger partial charge on any atom is 0.352 e. The minimum absolute atomic E-state index is 0.0105. The second-order valence-electron chi connectivity index (χ2n) is 9.52. The van der Waals surface area contributed by atoms with Gasteiger partial charge in [0.05, 0.1) is 5.60 Å². The molecule has 3 N–H and O–H groups in total. The van der Waals surface area contributed by atoms with Gasteiger partial charge in [-0.15, -0.1) is 0 Å². The first-order chi connectivity index (χ1) is 13.2. The Balaban J connectivity index is 1.75. The molecule has 0 heterocycles. The van der Waals surface area contributed by atoms with Gasteiger partial charge in [-0.05, 0) is 73.8 Å². The van der Waals surface area contributed by atoms with Crippen LogP contribution in [0.4, 0.5) is 0 Å². The van der Waals surface area contributed by atoms with Gasteiger partial charge in [0.25, 0.3) is 0 Å². The number of hydrogen-bond acceptors (Lipinski definition) is 4. The Hall–Kier alpha value is -1.95. The molecule has 6 heteroatoms. The first-order valence-corrected chi connectivity index (χ1v) is 10.3. The molecule has 0 saturated heterocycles. The Kier molecular flexibility index (Phi) is 4.34. The second kappa shape index (κ2) is 6.28. The predicted octanol–water partition coefficient (Wildman–Crippen LogP) is 2.72. The molecule has 0 bridgehead atoms. The van der Waals surface area contributed by atoms with Crippen LogP contribution in [0.2, 0.25) is 0 Å². The van der Waals surface area contributed by atoms with Crippen LogP contribution in [0.25, 0.3) is 0 Å². The van der Waals surface area contributed by atoms with Crippen LogP contribution in [0.1, 0.15) is 65.2 Å². The van der Waals surface area contributed by atoms with E-state index in [2.05, 4.69) is 19.2 Å². The monoisotopic (exact) mass is 387 g/mol. The van der Waals surface area contributed by atoms with Crippen molar-refractivity contribution < 1.29 is 24.6 Å². The van der Waals surface area contributed by atoms with Gasteiger partial charge in [0.15, 0.2) is 5.78 Å². The molecule has 0 radical (unpaired) electrons. The molecule has 152 valence electrons. The van der Waals surface area contributed by atoms with E-state index in [1.165, 1.54) is 0 Å². The van der Waals surface area contributed by atoms with Gasteiger partial charge < -0.3 is 15.5 Å². The van der Waals surface area contributed by atoms with Crippen molar-refractivity contribution in [2.75, 3.05) is 0 Å². The molecule has 0 unspecified atom stereocenters. The normalized spacial score (nSPS) is 44.0. The number of carbonyl (C=O) groups excluding carboxylic acids is 2. The Morgan fingerprint density at radius 2 is 1.86 bits per heavy atom. The molecule has 6 nitrogen and oxygen atoms in total. The number of carboxylic acid groups (broad SMARTS) is 1. The van der Waals surface area contributed by atoms with Gasteiger partial charge in [-0.3, -0.25) is 9.59 Å². The van der Waals surface area contributed by atoms with E-state index in [9.17, 15) is 24.6 Å². The van der Waals surface area contributed by atoms with E-state index in [-0.39, 0.29) is 34.1 Å². The number of aliphatic carboxylic acids is 1. The fourth-order valence-corrected chi connectivity index (χ4v) is 7.06. The lowest BCUT2D eigenvalue weighted by atomic mass is 9.45. The summed E-state index contributed by atoms with van der Waals surface area (Å²) < 4.78 is 0. The number of aliphatic hydroxyl groups is 1. The molecular formula is C22H29NO5. The zero-order valence-corrected chi connectivity index (χ0v) is 16.6. The number of ketones is 1. The summed E-state index contributed by atoms with van der Waals surface area (Å²) in [6.45, 7) is 4.22.